The summed E-state index contributed by atoms with van der Waals surface area (Å²) in [4.78, 5) is 22.1. The van der Waals surface area contributed by atoms with Crippen molar-refractivity contribution in [2.24, 2.45) is 0 Å². The van der Waals surface area contributed by atoms with Crippen molar-refractivity contribution in [1.82, 2.24) is 10.2 Å². The quantitative estimate of drug-likeness (QED) is 0.618. The first-order chi connectivity index (χ1) is 12.3. The smallest absolute Gasteiger partial charge is 0.303 e. The number of nitrogens with zero attached hydrogens (tertiary/aromatic N) is 2. The van der Waals surface area contributed by atoms with Gasteiger partial charge in [-0.3, -0.25) is 14.3 Å². The highest BCUT2D eigenvalue weighted by Gasteiger charge is 2.15. The first kappa shape index (κ1) is 19.6. The second-order valence-corrected chi connectivity index (χ2v) is 7.24. The largest absolute Gasteiger partial charge is 0.481 e. The Labute approximate surface area is 154 Å². The number of rotatable bonds is 8. The summed E-state index contributed by atoms with van der Waals surface area (Å²) >= 11 is 5.59. The maximum absolute atomic E-state index is 12.3. The van der Waals surface area contributed by atoms with Gasteiger partial charge in [0.15, 0.2) is 11.0 Å². The molecule has 0 saturated carbocycles. The third-order valence-corrected chi connectivity index (χ3v) is 4.69. The van der Waals surface area contributed by atoms with Crippen LogP contribution in [0.25, 0.3) is 0 Å². The summed E-state index contributed by atoms with van der Waals surface area (Å²) in [6.45, 7) is 0. The van der Waals surface area contributed by atoms with Gasteiger partial charge in [0.2, 0.25) is 5.91 Å². The standard InChI is InChI=1S/C15H15ClN4O5S/c16-12-8-9-13(19-18-12)20-26(24,25)11-6-4-10(5-7-11)17-14(21)2-1-3-15(22)23/h4-9H,1-3H2,(H,17,21)(H,19,20)(H,22,23). The van der Waals surface area contributed by atoms with E-state index in [0.29, 0.717) is 5.69 Å². The Morgan fingerprint density at radius 2 is 1.73 bits per heavy atom. The van der Waals surface area contributed by atoms with Crippen molar-refractivity contribution in [2.75, 3.05) is 10.0 Å². The number of carboxylic acid groups (broad SMARTS) is 1. The summed E-state index contributed by atoms with van der Waals surface area (Å²) in [6.07, 6.45) is 0.187. The number of carbonyl (C=O) groups excluding carboxylic acids is 1. The molecular formula is C15H15ClN4O5S. The average molecular weight is 399 g/mol. The molecule has 9 nitrogen and oxygen atoms in total. The highest BCUT2D eigenvalue weighted by molar-refractivity contribution is 7.92. The number of halogens is 1. The Hall–Kier alpha value is -2.72. The van der Waals surface area contributed by atoms with Gasteiger partial charge >= 0.3 is 5.97 Å². The number of sulfonamides is 1. The van der Waals surface area contributed by atoms with Crippen LogP contribution in [0.5, 0.6) is 0 Å². The fourth-order valence-electron chi connectivity index (χ4n) is 1.91. The second-order valence-electron chi connectivity index (χ2n) is 5.17. The predicted octanol–water partition coefficient (Wildman–Crippen LogP) is 2.12. The molecule has 1 aromatic heterocycles. The molecule has 0 aliphatic rings. The zero-order chi connectivity index (χ0) is 19.2. The van der Waals surface area contributed by atoms with Gasteiger partial charge in [0.1, 0.15) is 0 Å². The summed E-state index contributed by atoms with van der Waals surface area (Å²) in [7, 11) is -3.87. The molecule has 0 aliphatic carbocycles. The van der Waals surface area contributed by atoms with E-state index in [9.17, 15) is 18.0 Å². The van der Waals surface area contributed by atoms with Crippen LogP contribution >= 0.6 is 11.6 Å². The number of anilines is 2. The minimum atomic E-state index is -3.87. The number of benzene rings is 1. The van der Waals surface area contributed by atoms with E-state index in [-0.39, 0.29) is 41.0 Å². The molecule has 0 radical (unpaired) electrons. The molecule has 3 N–H and O–H groups in total. The number of hydrogen-bond donors (Lipinski definition) is 3. The Morgan fingerprint density at radius 3 is 2.31 bits per heavy atom. The molecule has 0 saturated heterocycles. The lowest BCUT2D eigenvalue weighted by molar-refractivity contribution is -0.137. The molecule has 1 aromatic carbocycles. The van der Waals surface area contributed by atoms with Crippen molar-refractivity contribution < 1.29 is 23.1 Å². The fourth-order valence-corrected chi connectivity index (χ4v) is 3.01. The van der Waals surface area contributed by atoms with Gasteiger partial charge < -0.3 is 10.4 Å². The lowest BCUT2D eigenvalue weighted by Crippen LogP contribution is -2.15. The first-order valence-corrected chi connectivity index (χ1v) is 9.26. The van der Waals surface area contributed by atoms with E-state index in [1.54, 1.807) is 0 Å². The van der Waals surface area contributed by atoms with Gasteiger partial charge in [-0.2, -0.15) is 0 Å². The summed E-state index contributed by atoms with van der Waals surface area (Å²) in [5.41, 5.74) is 0.399. The van der Waals surface area contributed by atoms with E-state index in [1.165, 1.54) is 36.4 Å². The van der Waals surface area contributed by atoms with Crippen molar-refractivity contribution >= 4 is 45.0 Å². The van der Waals surface area contributed by atoms with Crippen LogP contribution in [0.1, 0.15) is 19.3 Å². The van der Waals surface area contributed by atoms with E-state index in [0.717, 1.165) is 0 Å². The SMILES string of the molecule is O=C(O)CCCC(=O)Nc1ccc(S(=O)(=O)Nc2ccc(Cl)nn2)cc1. The third kappa shape index (κ3) is 5.97. The topological polar surface area (TPSA) is 138 Å². The zero-order valence-electron chi connectivity index (χ0n) is 13.3. The van der Waals surface area contributed by atoms with Crippen LogP contribution in [0.4, 0.5) is 11.5 Å². The number of nitrogens with one attached hydrogen (secondary N) is 2. The summed E-state index contributed by atoms with van der Waals surface area (Å²) in [5, 5.41) is 18.4. The Bertz CT molecular complexity index is 885. The van der Waals surface area contributed by atoms with E-state index in [4.69, 9.17) is 16.7 Å². The Kier molecular flexibility index (Phi) is 6.47. The van der Waals surface area contributed by atoms with E-state index >= 15 is 0 Å². The zero-order valence-corrected chi connectivity index (χ0v) is 14.9. The van der Waals surface area contributed by atoms with Gasteiger partial charge in [-0.1, -0.05) is 11.6 Å². The van der Waals surface area contributed by atoms with Gasteiger partial charge in [-0.15, -0.1) is 10.2 Å². The normalized spacial score (nSPS) is 11.0. The molecule has 1 amide bonds. The molecule has 1 heterocycles. The minimum absolute atomic E-state index is 0.0187. The molecule has 11 heteroatoms. The molecule has 0 spiro atoms. The molecule has 0 atom stereocenters. The molecule has 0 unspecified atom stereocenters. The van der Waals surface area contributed by atoms with Crippen molar-refractivity contribution in [3.63, 3.8) is 0 Å². The monoisotopic (exact) mass is 398 g/mol. The molecule has 2 rings (SSSR count). The molecule has 2 aromatic rings. The summed E-state index contributed by atoms with van der Waals surface area (Å²) < 4.78 is 26.8. The summed E-state index contributed by atoms with van der Waals surface area (Å²) in [6, 6.07) is 8.26. The number of aliphatic carboxylic acids is 1. The van der Waals surface area contributed by atoms with E-state index < -0.39 is 16.0 Å². The maximum Gasteiger partial charge on any atom is 0.303 e. The van der Waals surface area contributed by atoms with Crippen molar-refractivity contribution in [3.8, 4) is 0 Å². The lowest BCUT2D eigenvalue weighted by Gasteiger charge is -2.08. The minimum Gasteiger partial charge on any atom is -0.481 e. The van der Waals surface area contributed by atoms with Crippen molar-refractivity contribution in [1.29, 1.82) is 0 Å². The number of carboxylic acids is 1. The number of aromatic nitrogens is 2. The highest BCUT2D eigenvalue weighted by atomic mass is 35.5. The van der Waals surface area contributed by atoms with Crippen LogP contribution in [0, 0.1) is 0 Å². The van der Waals surface area contributed by atoms with Gasteiger partial charge in [-0.05, 0) is 42.8 Å². The highest BCUT2D eigenvalue weighted by Crippen LogP contribution is 2.17. The predicted molar refractivity (Wildman–Crippen MR) is 94.4 cm³/mol. The van der Waals surface area contributed by atoms with Crippen LogP contribution in [-0.4, -0.2) is 35.6 Å². The van der Waals surface area contributed by atoms with Gasteiger partial charge in [0.05, 0.1) is 4.90 Å². The number of hydrogen-bond acceptors (Lipinski definition) is 6. The van der Waals surface area contributed by atoms with Crippen LogP contribution in [0.15, 0.2) is 41.3 Å². The molecular weight excluding hydrogens is 384 g/mol. The molecule has 0 bridgehead atoms. The third-order valence-electron chi connectivity index (χ3n) is 3.11. The molecule has 0 fully saturated rings. The van der Waals surface area contributed by atoms with Crippen LogP contribution < -0.4 is 10.0 Å². The summed E-state index contributed by atoms with van der Waals surface area (Å²) in [5.74, 6) is -1.30. The molecule has 26 heavy (non-hydrogen) atoms. The van der Waals surface area contributed by atoms with Crippen molar-refractivity contribution in [2.45, 2.75) is 24.2 Å². The number of amides is 1. The first-order valence-electron chi connectivity index (χ1n) is 7.40. The van der Waals surface area contributed by atoms with Gasteiger partial charge in [-0.25, -0.2) is 8.42 Å². The Morgan fingerprint density at radius 1 is 1.04 bits per heavy atom. The van der Waals surface area contributed by atoms with Crippen molar-refractivity contribution in [3.05, 3.63) is 41.6 Å². The molecule has 138 valence electrons. The van der Waals surface area contributed by atoms with Crippen LogP contribution in [0.3, 0.4) is 0 Å². The van der Waals surface area contributed by atoms with E-state index in [2.05, 4.69) is 20.2 Å². The lowest BCUT2D eigenvalue weighted by atomic mass is 10.2. The van der Waals surface area contributed by atoms with E-state index in [1.807, 2.05) is 0 Å². The maximum atomic E-state index is 12.3. The molecule has 0 aliphatic heterocycles. The Balaban J connectivity index is 1.98. The van der Waals surface area contributed by atoms with Gasteiger partial charge in [0.25, 0.3) is 10.0 Å². The van der Waals surface area contributed by atoms with Crippen LogP contribution in [0.2, 0.25) is 5.15 Å². The van der Waals surface area contributed by atoms with Crippen LogP contribution in [-0.2, 0) is 19.6 Å². The van der Waals surface area contributed by atoms with Gasteiger partial charge in [0, 0.05) is 18.5 Å². The number of carbonyl (C=O) groups is 2. The second kappa shape index (κ2) is 8.59. The average Bonchev–Trinajstić information content (AvgIpc) is 2.57. The fraction of sp³-hybridized carbons (Fsp3) is 0.200.